The van der Waals surface area contributed by atoms with Gasteiger partial charge in [-0.2, -0.15) is 0 Å². The predicted octanol–water partition coefficient (Wildman–Crippen LogP) is 2.64. The molecule has 2 heterocycles. The van der Waals surface area contributed by atoms with Gasteiger partial charge in [-0.15, -0.1) is 0 Å². The number of benzene rings is 1. The maximum absolute atomic E-state index is 13.0. The Morgan fingerprint density at radius 1 is 1.27 bits per heavy atom. The van der Waals surface area contributed by atoms with Crippen LogP contribution in [-0.2, 0) is 4.74 Å². The zero-order valence-corrected chi connectivity index (χ0v) is 14.1. The molecule has 1 aliphatic carbocycles. The maximum atomic E-state index is 13.0. The molecule has 0 radical (unpaired) electrons. The van der Waals surface area contributed by atoms with Crippen LogP contribution in [0.1, 0.15) is 24.4 Å². The molecule has 0 bridgehead atoms. The Balaban J connectivity index is 1.98. The Labute approximate surface area is 137 Å². The van der Waals surface area contributed by atoms with Gasteiger partial charge in [-0.3, -0.25) is 9.36 Å². The lowest BCUT2D eigenvalue weighted by molar-refractivity contribution is 0.121. The molecular formula is C16H18BrN3O2. The van der Waals surface area contributed by atoms with Crippen LogP contribution in [0.15, 0.2) is 21.4 Å². The molecule has 4 rings (SSSR count). The third-order valence-corrected chi connectivity index (χ3v) is 4.89. The molecule has 22 heavy (non-hydrogen) atoms. The first-order valence-corrected chi connectivity index (χ1v) is 8.49. The Morgan fingerprint density at radius 2 is 2.00 bits per heavy atom. The summed E-state index contributed by atoms with van der Waals surface area (Å²) in [6.45, 7) is 4.95. The summed E-state index contributed by atoms with van der Waals surface area (Å²) in [4.78, 5) is 20.0. The van der Waals surface area contributed by atoms with E-state index in [2.05, 4.69) is 20.8 Å². The number of nitrogens with zero attached hydrogens (tertiary/aromatic N) is 3. The van der Waals surface area contributed by atoms with Crippen molar-refractivity contribution in [2.45, 2.75) is 25.8 Å². The number of aryl methyl sites for hydroxylation is 1. The van der Waals surface area contributed by atoms with Gasteiger partial charge >= 0.3 is 0 Å². The van der Waals surface area contributed by atoms with E-state index in [1.807, 2.05) is 23.6 Å². The molecule has 116 valence electrons. The van der Waals surface area contributed by atoms with Crippen LogP contribution in [0.25, 0.3) is 10.9 Å². The monoisotopic (exact) mass is 363 g/mol. The normalized spacial score (nSPS) is 18.9. The fourth-order valence-corrected chi connectivity index (χ4v) is 3.70. The summed E-state index contributed by atoms with van der Waals surface area (Å²) in [5.41, 5.74) is 1.91. The minimum Gasteiger partial charge on any atom is -0.378 e. The van der Waals surface area contributed by atoms with E-state index in [9.17, 15) is 4.79 Å². The largest absolute Gasteiger partial charge is 0.378 e. The van der Waals surface area contributed by atoms with E-state index >= 15 is 0 Å². The van der Waals surface area contributed by atoms with Gasteiger partial charge in [0.25, 0.3) is 5.56 Å². The van der Waals surface area contributed by atoms with Crippen molar-refractivity contribution in [2.24, 2.45) is 0 Å². The molecule has 0 amide bonds. The molecule has 2 fully saturated rings. The molecule has 0 atom stereocenters. The molecule has 6 heteroatoms. The van der Waals surface area contributed by atoms with E-state index < -0.39 is 0 Å². The molecule has 1 aromatic carbocycles. The highest BCUT2D eigenvalue weighted by Crippen LogP contribution is 2.37. The van der Waals surface area contributed by atoms with E-state index in [0.29, 0.717) is 24.6 Å². The average Bonchev–Trinajstić information content (AvgIpc) is 3.33. The van der Waals surface area contributed by atoms with Gasteiger partial charge in [0, 0.05) is 23.6 Å². The second-order valence-electron chi connectivity index (χ2n) is 6.06. The van der Waals surface area contributed by atoms with Crippen LogP contribution in [0, 0.1) is 6.92 Å². The lowest BCUT2D eigenvalue weighted by Crippen LogP contribution is -2.40. The summed E-state index contributed by atoms with van der Waals surface area (Å²) >= 11 is 3.56. The number of hydrogen-bond acceptors (Lipinski definition) is 4. The summed E-state index contributed by atoms with van der Waals surface area (Å²) in [6.07, 6.45) is 2.13. The van der Waals surface area contributed by atoms with Crippen LogP contribution in [-0.4, -0.2) is 35.9 Å². The number of rotatable bonds is 2. The summed E-state index contributed by atoms with van der Waals surface area (Å²) in [6, 6.07) is 4.26. The third-order valence-electron chi connectivity index (χ3n) is 4.29. The van der Waals surface area contributed by atoms with Gasteiger partial charge in [-0.05, 0) is 53.4 Å². The van der Waals surface area contributed by atoms with Crippen molar-refractivity contribution in [2.75, 3.05) is 31.2 Å². The molecule has 0 N–H and O–H groups in total. The Kier molecular flexibility index (Phi) is 3.46. The van der Waals surface area contributed by atoms with Crippen LogP contribution < -0.4 is 10.5 Å². The molecular weight excluding hydrogens is 346 g/mol. The standard InChI is InChI=1S/C16H18BrN3O2/c1-10-8-12-14(13(17)9-10)18-16(19-4-6-22-7-5-19)20(15(12)21)11-2-3-11/h8-9,11H,2-7H2,1H3. The van der Waals surface area contributed by atoms with E-state index in [0.717, 1.165) is 47.4 Å². The smallest absolute Gasteiger partial charge is 0.263 e. The fraction of sp³-hybridized carbons (Fsp3) is 0.500. The summed E-state index contributed by atoms with van der Waals surface area (Å²) < 4.78 is 8.22. The van der Waals surface area contributed by atoms with Gasteiger partial charge in [-0.1, -0.05) is 0 Å². The highest BCUT2D eigenvalue weighted by atomic mass is 79.9. The van der Waals surface area contributed by atoms with Crippen LogP contribution in [0.5, 0.6) is 0 Å². The van der Waals surface area contributed by atoms with E-state index in [1.165, 1.54) is 0 Å². The molecule has 2 aliphatic rings. The second kappa shape index (κ2) is 5.35. The number of anilines is 1. The van der Waals surface area contributed by atoms with E-state index in [1.54, 1.807) is 0 Å². The molecule has 1 saturated carbocycles. The van der Waals surface area contributed by atoms with Gasteiger partial charge < -0.3 is 9.64 Å². The van der Waals surface area contributed by atoms with Crippen LogP contribution >= 0.6 is 15.9 Å². The quantitative estimate of drug-likeness (QED) is 0.822. The first-order chi connectivity index (χ1) is 10.6. The Bertz CT molecular complexity index is 792. The number of hydrogen-bond donors (Lipinski definition) is 0. The Hall–Kier alpha value is -1.40. The van der Waals surface area contributed by atoms with Gasteiger partial charge in [0.05, 0.1) is 24.1 Å². The van der Waals surface area contributed by atoms with Gasteiger partial charge in [-0.25, -0.2) is 4.98 Å². The molecule has 1 aliphatic heterocycles. The molecule has 1 saturated heterocycles. The number of aromatic nitrogens is 2. The van der Waals surface area contributed by atoms with Crippen LogP contribution in [0.3, 0.4) is 0 Å². The summed E-state index contributed by atoms with van der Waals surface area (Å²) in [7, 11) is 0. The van der Waals surface area contributed by atoms with Crippen molar-refractivity contribution in [3.05, 3.63) is 32.5 Å². The van der Waals surface area contributed by atoms with Gasteiger partial charge in [0.2, 0.25) is 5.95 Å². The zero-order chi connectivity index (χ0) is 15.3. The van der Waals surface area contributed by atoms with Crippen molar-refractivity contribution >= 4 is 32.8 Å². The van der Waals surface area contributed by atoms with Crippen molar-refractivity contribution < 1.29 is 4.74 Å². The topological polar surface area (TPSA) is 47.4 Å². The molecule has 2 aromatic rings. The summed E-state index contributed by atoms with van der Waals surface area (Å²) in [5.74, 6) is 0.799. The van der Waals surface area contributed by atoms with Crippen molar-refractivity contribution in [3.8, 4) is 0 Å². The van der Waals surface area contributed by atoms with E-state index in [-0.39, 0.29) is 5.56 Å². The molecule has 5 nitrogen and oxygen atoms in total. The van der Waals surface area contributed by atoms with Gasteiger partial charge in [0.15, 0.2) is 0 Å². The maximum Gasteiger partial charge on any atom is 0.263 e. The fourth-order valence-electron chi connectivity index (χ4n) is 3.03. The first-order valence-electron chi connectivity index (χ1n) is 7.70. The number of fused-ring (bicyclic) bond motifs is 1. The molecule has 0 spiro atoms. The van der Waals surface area contributed by atoms with Crippen LogP contribution in [0.4, 0.5) is 5.95 Å². The van der Waals surface area contributed by atoms with Gasteiger partial charge in [0.1, 0.15) is 0 Å². The average molecular weight is 364 g/mol. The number of morpholine rings is 1. The second-order valence-corrected chi connectivity index (χ2v) is 6.91. The minimum atomic E-state index is 0.0818. The SMILES string of the molecule is Cc1cc(Br)c2nc(N3CCOCC3)n(C3CC3)c(=O)c2c1. The zero-order valence-electron chi connectivity index (χ0n) is 12.5. The lowest BCUT2D eigenvalue weighted by atomic mass is 10.1. The van der Waals surface area contributed by atoms with E-state index in [4.69, 9.17) is 9.72 Å². The number of ether oxygens (including phenoxy) is 1. The van der Waals surface area contributed by atoms with Crippen LogP contribution in [0.2, 0.25) is 0 Å². The van der Waals surface area contributed by atoms with Crippen molar-refractivity contribution in [1.29, 1.82) is 0 Å². The lowest BCUT2D eigenvalue weighted by Gasteiger charge is -2.30. The predicted molar refractivity (Wildman–Crippen MR) is 89.7 cm³/mol. The highest BCUT2D eigenvalue weighted by Gasteiger charge is 2.31. The number of halogens is 1. The van der Waals surface area contributed by atoms with Crippen molar-refractivity contribution in [3.63, 3.8) is 0 Å². The third kappa shape index (κ3) is 2.34. The molecule has 0 unspecified atom stereocenters. The Morgan fingerprint density at radius 3 is 2.68 bits per heavy atom. The minimum absolute atomic E-state index is 0.0818. The summed E-state index contributed by atoms with van der Waals surface area (Å²) in [5, 5.41) is 0.704. The first kappa shape index (κ1) is 14.2. The molecule has 1 aromatic heterocycles. The highest BCUT2D eigenvalue weighted by molar-refractivity contribution is 9.10. The van der Waals surface area contributed by atoms with Crippen molar-refractivity contribution in [1.82, 2.24) is 9.55 Å².